The average molecular weight is 455 g/mol. The number of hydrogen-bond donors (Lipinski definition) is 5. The highest BCUT2D eigenvalue weighted by Gasteiger charge is 2.38. The van der Waals surface area contributed by atoms with Gasteiger partial charge in [-0.05, 0) is 43.6 Å². The minimum Gasteiger partial charge on any atom is -0.382 e. The van der Waals surface area contributed by atoms with Crippen LogP contribution in [-0.4, -0.2) is 48.2 Å². The summed E-state index contributed by atoms with van der Waals surface area (Å²) in [6.07, 6.45) is 12.1. The number of rotatable bonds is 12. The van der Waals surface area contributed by atoms with Gasteiger partial charge in [0.1, 0.15) is 6.10 Å². The Kier molecular flexibility index (Phi) is 9.23. The molecule has 7 heteroatoms. The molecule has 0 aliphatic heterocycles. The molecule has 0 saturated heterocycles. The highest BCUT2D eigenvalue weighted by molar-refractivity contribution is 5.81. The summed E-state index contributed by atoms with van der Waals surface area (Å²) in [5, 5.41) is 16.2. The molecule has 7 nitrogen and oxygen atoms in total. The van der Waals surface area contributed by atoms with Gasteiger partial charge in [0.15, 0.2) is 0 Å². The monoisotopic (exact) mass is 454 g/mol. The molecular formula is C26H38N4O3. The highest BCUT2D eigenvalue weighted by atomic mass is 16.3. The Morgan fingerprint density at radius 3 is 2.45 bits per heavy atom. The standard InChI is InChI=1S/C26H38N4O3/c27-21(14-19-8-3-1-4-9-19)16-23(31)29-17-26(12-7-13-26)18-30-25(33)24(32)22(28)15-20-10-5-2-6-11-20/h1-6,8-10,20-22,24,32H,7,11-18,27-28H2,(H,29,31)(H,30,33). The van der Waals surface area contributed by atoms with E-state index in [2.05, 4.69) is 22.8 Å². The molecule has 4 unspecified atom stereocenters. The van der Waals surface area contributed by atoms with Crippen LogP contribution >= 0.6 is 0 Å². The van der Waals surface area contributed by atoms with Crippen LogP contribution in [0.25, 0.3) is 0 Å². The summed E-state index contributed by atoms with van der Waals surface area (Å²) < 4.78 is 0. The second-order valence-corrected chi connectivity index (χ2v) is 9.66. The predicted molar refractivity (Wildman–Crippen MR) is 130 cm³/mol. The fourth-order valence-corrected chi connectivity index (χ4v) is 4.54. The first-order chi connectivity index (χ1) is 15.9. The molecule has 0 heterocycles. The number of benzene rings is 1. The molecule has 2 aliphatic carbocycles. The fraction of sp³-hybridized carbons (Fsp3) is 0.538. The second-order valence-electron chi connectivity index (χ2n) is 9.66. The minimum atomic E-state index is -1.24. The Labute approximate surface area is 196 Å². The Morgan fingerprint density at radius 1 is 1.09 bits per heavy atom. The summed E-state index contributed by atoms with van der Waals surface area (Å²) in [6.45, 7) is 0.906. The maximum atomic E-state index is 12.5. The van der Waals surface area contributed by atoms with Gasteiger partial charge in [0, 0.05) is 37.0 Å². The molecule has 180 valence electrons. The highest BCUT2D eigenvalue weighted by Crippen LogP contribution is 2.39. The van der Waals surface area contributed by atoms with E-state index >= 15 is 0 Å². The van der Waals surface area contributed by atoms with E-state index in [-0.39, 0.29) is 29.7 Å². The van der Waals surface area contributed by atoms with Gasteiger partial charge in [-0.1, -0.05) is 61.1 Å². The van der Waals surface area contributed by atoms with E-state index in [0.29, 0.717) is 25.9 Å². The number of nitrogens with two attached hydrogens (primary N) is 2. The van der Waals surface area contributed by atoms with Crippen molar-refractivity contribution in [3.8, 4) is 0 Å². The van der Waals surface area contributed by atoms with Gasteiger partial charge in [-0.25, -0.2) is 0 Å². The first-order valence-corrected chi connectivity index (χ1v) is 12.0. The summed E-state index contributed by atoms with van der Waals surface area (Å²) in [4.78, 5) is 24.9. The third-order valence-electron chi connectivity index (χ3n) is 6.82. The molecule has 0 spiro atoms. The lowest BCUT2D eigenvalue weighted by Crippen LogP contribution is -2.53. The molecule has 7 N–H and O–H groups in total. The number of amides is 2. The number of carbonyl (C=O) groups is 2. The summed E-state index contributed by atoms with van der Waals surface area (Å²) in [5.41, 5.74) is 13.2. The van der Waals surface area contributed by atoms with Crippen LogP contribution in [0.15, 0.2) is 54.6 Å². The average Bonchev–Trinajstić information content (AvgIpc) is 2.78. The van der Waals surface area contributed by atoms with Gasteiger partial charge >= 0.3 is 0 Å². The van der Waals surface area contributed by atoms with Gasteiger partial charge in [0.05, 0.1) is 0 Å². The molecule has 0 radical (unpaired) electrons. The SMILES string of the molecule is NC(CC(=O)NCC1(CNC(=O)C(O)C(N)CC2C=CC=CC2)CCC1)Cc1ccccc1. The molecule has 2 aliphatic rings. The van der Waals surface area contributed by atoms with Gasteiger partial charge in [0.25, 0.3) is 0 Å². The first kappa shape index (κ1) is 25.1. The van der Waals surface area contributed by atoms with E-state index in [1.165, 1.54) is 0 Å². The zero-order valence-corrected chi connectivity index (χ0v) is 19.3. The van der Waals surface area contributed by atoms with Crippen molar-refractivity contribution in [2.24, 2.45) is 22.8 Å². The van der Waals surface area contributed by atoms with Gasteiger partial charge < -0.3 is 27.2 Å². The Hall–Kier alpha value is -2.48. The molecule has 0 bridgehead atoms. The van der Waals surface area contributed by atoms with E-state index < -0.39 is 18.1 Å². The quantitative estimate of drug-likeness (QED) is 0.327. The smallest absolute Gasteiger partial charge is 0.250 e. The molecular weight excluding hydrogens is 416 g/mol. The topological polar surface area (TPSA) is 130 Å². The number of allylic oxidation sites excluding steroid dienone is 4. The van der Waals surface area contributed by atoms with Crippen molar-refractivity contribution >= 4 is 11.8 Å². The molecule has 4 atom stereocenters. The zero-order valence-electron chi connectivity index (χ0n) is 19.3. The molecule has 2 amide bonds. The van der Waals surface area contributed by atoms with E-state index in [1.807, 2.05) is 42.5 Å². The molecule has 1 aromatic rings. The molecule has 1 saturated carbocycles. The van der Waals surface area contributed by atoms with E-state index in [4.69, 9.17) is 11.5 Å². The number of carbonyl (C=O) groups excluding carboxylic acids is 2. The number of aliphatic hydroxyl groups is 1. The number of hydrogen-bond acceptors (Lipinski definition) is 5. The normalized spacial score (nSPS) is 21.5. The first-order valence-electron chi connectivity index (χ1n) is 12.0. The summed E-state index contributed by atoms with van der Waals surface area (Å²) in [7, 11) is 0. The largest absolute Gasteiger partial charge is 0.382 e. The fourth-order valence-electron chi connectivity index (χ4n) is 4.54. The maximum Gasteiger partial charge on any atom is 0.250 e. The van der Waals surface area contributed by atoms with Gasteiger partial charge in [-0.2, -0.15) is 0 Å². The Morgan fingerprint density at radius 2 is 1.82 bits per heavy atom. The lowest BCUT2D eigenvalue weighted by molar-refractivity contribution is -0.131. The summed E-state index contributed by atoms with van der Waals surface area (Å²) in [5.74, 6) is -0.276. The van der Waals surface area contributed by atoms with Crippen LogP contribution in [0.5, 0.6) is 0 Å². The minimum absolute atomic E-state index is 0.0762. The molecule has 1 fully saturated rings. The molecule has 0 aromatic heterocycles. The molecule has 1 aromatic carbocycles. The maximum absolute atomic E-state index is 12.5. The van der Waals surface area contributed by atoms with Crippen molar-refractivity contribution in [2.75, 3.05) is 13.1 Å². The van der Waals surface area contributed by atoms with Crippen LogP contribution in [0.1, 0.15) is 44.1 Å². The van der Waals surface area contributed by atoms with Crippen LogP contribution in [0.4, 0.5) is 0 Å². The van der Waals surface area contributed by atoms with Crippen LogP contribution in [0, 0.1) is 11.3 Å². The van der Waals surface area contributed by atoms with Gasteiger partial charge in [-0.3, -0.25) is 9.59 Å². The number of nitrogens with one attached hydrogen (secondary N) is 2. The van der Waals surface area contributed by atoms with E-state index in [1.54, 1.807) is 0 Å². The summed E-state index contributed by atoms with van der Waals surface area (Å²) >= 11 is 0. The van der Waals surface area contributed by atoms with Gasteiger partial charge in [-0.15, -0.1) is 0 Å². The van der Waals surface area contributed by atoms with Crippen LogP contribution < -0.4 is 22.1 Å². The third-order valence-corrected chi connectivity index (χ3v) is 6.82. The third kappa shape index (κ3) is 7.81. The summed E-state index contributed by atoms with van der Waals surface area (Å²) in [6, 6.07) is 9.04. The predicted octanol–water partition coefficient (Wildman–Crippen LogP) is 1.56. The van der Waals surface area contributed by atoms with E-state index in [9.17, 15) is 14.7 Å². The molecule has 33 heavy (non-hydrogen) atoms. The lowest BCUT2D eigenvalue weighted by Gasteiger charge is -2.42. The zero-order chi connectivity index (χ0) is 23.7. The van der Waals surface area contributed by atoms with Crippen molar-refractivity contribution in [1.29, 1.82) is 0 Å². The second kappa shape index (κ2) is 12.1. The van der Waals surface area contributed by atoms with Crippen molar-refractivity contribution in [2.45, 2.75) is 63.1 Å². The van der Waals surface area contributed by atoms with Gasteiger partial charge in [0.2, 0.25) is 11.8 Å². The Bertz CT molecular complexity index is 835. The van der Waals surface area contributed by atoms with Crippen LogP contribution in [0.3, 0.4) is 0 Å². The van der Waals surface area contributed by atoms with Crippen molar-refractivity contribution in [3.05, 3.63) is 60.2 Å². The Balaban J connectivity index is 1.39. The van der Waals surface area contributed by atoms with Crippen molar-refractivity contribution in [3.63, 3.8) is 0 Å². The van der Waals surface area contributed by atoms with Crippen molar-refractivity contribution < 1.29 is 14.7 Å². The number of aliphatic hydroxyl groups excluding tert-OH is 1. The van der Waals surface area contributed by atoms with Crippen LogP contribution in [0.2, 0.25) is 0 Å². The van der Waals surface area contributed by atoms with E-state index in [0.717, 1.165) is 31.2 Å². The van der Waals surface area contributed by atoms with Crippen LogP contribution in [-0.2, 0) is 16.0 Å². The molecule has 3 rings (SSSR count). The van der Waals surface area contributed by atoms with Crippen molar-refractivity contribution in [1.82, 2.24) is 10.6 Å². The lowest BCUT2D eigenvalue weighted by atomic mass is 9.68.